The van der Waals surface area contributed by atoms with Crippen LogP contribution in [0.15, 0.2) is 45.3 Å². The van der Waals surface area contributed by atoms with Gasteiger partial charge in [0.15, 0.2) is 5.16 Å². The maximum absolute atomic E-state index is 11.8. The standard InChI is InChI=1S/C14H15N5OS/c1-8(2)19-13(20)17-18-14(19)21-11-6-5-10(15)12-9(11)4-3-7-16-12/h3-8H,15H2,1-2H3,(H,17,20). The third-order valence-corrected chi connectivity index (χ3v) is 4.20. The van der Waals surface area contributed by atoms with Gasteiger partial charge in [-0.05, 0) is 43.8 Å². The van der Waals surface area contributed by atoms with Crippen LogP contribution in [0, 0.1) is 0 Å². The van der Waals surface area contributed by atoms with Crippen molar-refractivity contribution in [1.82, 2.24) is 19.7 Å². The molecule has 0 aliphatic carbocycles. The average molecular weight is 301 g/mol. The van der Waals surface area contributed by atoms with Gasteiger partial charge in [-0.15, -0.1) is 5.10 Å². The highest BCUT2D eigenvalue weighted by molar-refractivity contribution is 7.99. The zero-order valence-corrected chi connectivity index (χ0v) is 12.5. The lowest BCUT2D eigenvalue weighted by Gasteiger charge is -2.10. The molecule has 7 heteroatoms. The Morgan fingerprint density at radius 1 is 1.33 bits per heavy atom. The summed E-state index contributed by atoms with van der Waals surface area (Å²) in [4.78, 5) is 17.1. The van der Waals surface area contributed by atoms with Crippen LogP contribution in [0.4, 0.5) is 5.69 Å². The molecule has 1 aromatic carbocycles. The highest BCUT2D eigenvalue weighted by atomic mass is 32.2. The minimum Gasteiger partial charge on any atom is -0.397 e. The van der Waals surface area contributed by atoms with Gasteiger partial charge in [0.2, 0.25) is 0 Å². The molecule has 0 spiro atoms. The van der Waals surface area contributed by atoms with E-state index in [9.17, 15) is 4.79 Å². The summed E-state index contributed by atoms with van der Waals surface area (Å²) >= 11 is 1.43. The first kappa shape index (κ1) is 13.7. The number of fused-ring (bicyclic) bond motifs is 1. The van der Waals surface area contributed by atoms with E-state index in [4.69, 9.17) is 5.73 Å². The summed E-state index contributed by atoms with van der Waals surface area (Å²) in [6.45, 7) is 3.90. The van der Waals surface area contributed by atoms with Crippen molar-refractivity contribution in [2.45, 2.75) is 29.9 Å². The Hall–Kier alpha value is -2.28. The predicted octanol–water partition coefficient (Wildman–Crippen LogP) is 2.43. The summed E-state index contributed by atoms with van der Waals surface area (Å²) < 4.78 is 1.63. The van der Waals surface area contributed by atoms with Crippen LogP contribution in [0.1, 0.15) is 19.9 Å². The highest BCUT2D eigenvalue weighted by Crippen LogP contribution is 2.34. The zero-order valence-electron chi connectivity index (χ0n) is 11.7. The topological polar surface area (TPSA) is 89.6 Å². The van der Waals surface area contributed by atoms with Gasteiger partial charge in [-0.3, -0.25) is 9.55 Å². The Labute approximate surface area is 125 Å². The molecule has 0 bridgehead atoms. The van der Waals surface area contributed by atoms with Gasteiger partial charge in [-0.1, -0.05) is 6.07 Å². The van der Waals surface area contributed by atoms with Crippen molar-refractivity contribution in [2.24, 2.45) is 0 Å². The molecule has 0 radical (unpaired) electrons. The van der Waals surface area contributed by atoms with Gasteiger partial charge in [0.05, 0.1) is 11.2 Å². The van der Waals surface area contributed by atoms with Crippen LogP contribution >= 0.6 is 11.8 Å². The molecule has 0 unspecified atom stereocenters. The van der Waals surface area contributed by atoms with Gasteiger partial charge in [0, 0.05) is 22.5 Å². The van der Waals surface area contributed by atoms with Crippen molar-refractivity contribution < 1.29 is 0 Å². The third kappa shape index (κ3) is 2.40. The number of hydrogen-bond acceptors (Lipinski definition) is 5. The van der Waals surface area contributed by atoms with Crippen molar-refractivity contribution in [1.29, 1.82) is 0 Å². The molecule has 0 aliphatic heterocycles. The fraction of sp³-hybridized carbons (Fsp3) is 0.214. The molecule has 0 amide bonds. The molecule has 3 aromatic rings. The number of pyridine rings is 1. The van der Waals surface area contributed by atoms with E-state index in [2.05, 4.69) is 15.2 Å². The van der Waals surface area contributed by atoms with E-state index in [-0.39, 0.29) is 11.7 Å². The van der Waals surface area contributed by atoms with Crippen molar-refractivity contribution in [3.05, 3.63) is 40.9 Å². The molecule has 0 fully saturated rings. The summed E-state index contributed by atoms with van der Waals surface area (Å²) in [5, 5.41) is 8.17. The number of hydrogen-bond donors (Lipinski definition) is 2. The van der Waals surface area contributed by atoms with Crippen molar-refractivity contribution in [3.8, 4) is 0 Å². The van der Waals surface area contributed by atoms with E-state index in [1.54, 1.807) is 10.8 Å². The van der Waals surface area contributed by atoms with Gasteiger partial charge in [0.1, 0.15) is 0 Å². The molecular weight excluding hydrogens is 286 g/mol. The maximum Gasteiger partial charge on any atom is 0.344 e. The van der Waals surface area contributed by atoms with Gasteiger partial charge in [-0.2, -0.15) is 0 Å². The molecule has 6 nitrogen and oxygen atoms in total. The number of aromatic amines is 1. The largest absolute Gasteiger partial charge is 0.397 e. The number of anilines is 1. The first-order valence-corrected chi connectivity index (χ1v) is 7.37. The molecule has 0 atom stereocenters. The van der Waals surface area contributed by atoms with E-state index in [1.807, 2.05) is 38.1 Å². The molecule has 0 saturated heterocycles. The first-order valence-electron chi connectivity index (χ1n) is 6.56. The lowest BCUT2D eigenvalue weighted by molar-refractivity contribution is 0.534. The van der Waals surface area contributed by atoms with Crippen molar-refractivity contribution in [3.63, 3.8) is 0 Å². The highest BCUT2D eigenvalue weighted by Gasteiger charge is 2.14. The normalized spacial score (nSPS) is 11.4. The summed E-state index contributed by atoms with van der Waals surface area (Å²) in [5.41, 5.74) is 7.15. The van der Waals surface area contributed by atoms with Gasteiger partial charge in [-0.25, -0.2) is 9.89 Å². The molecule has 108 valence electrons. The monoisotopic (exact) mass is 301 g/mol. The number of nitrogen functional groups attached to an aromatic ring is 1. The van der Waals surface area contributed by atoms with Gasteiger partial charge >= 0.3 is 5.69 Å². The number of H-pyrrole nitrogens is 1. The molecule has 0 saturated carbocycles. The predicted molar refractivity (Wildman–Crippen MR) is 83.5 cm³/mol. The number of nitrogens with zero attached hydrogens (tertiary/aromatic N) is 3. The second-order valence-corrected chi connectivity index (χ2v) is 5.94. The first-order chi connectivity index (χ1) is 10.1. The third-order valence-electron chi connectivity index (χ3n) is 3.15. The Balaban J connectivity index is 2.11. The lowest BCUT2D eigenvalue weighted by atomic mass is 10.2. The van der Waals surface area contributed by atoms with Crippen LogP contribution in [-0.2, 0) is 0 Å². The minimum absolute atomic E-state index is 0.0388. The molecule has 3 rings (SSSR count). The molecule has 0 aliphatic rings. The molecule has 3 N–H and O–H groups in total. The van der Waals surface area contributed by atoms with Crippen LogP contribution in [0.3, 0.4) is 0 Å². The SMILES string of the molecule is CC(C)n1c(Sc2ccc(N)c3ncccc23)n[nH]c1=O. The summed E-state index contributed by atoms with van der Waals surface area (Å²) in [5.74, 6) is 0. The van der Waals surface area contributed by atoms with Crippen LogP contribution < -0.4 is 11.4 Å². The van der Waals surface area contributed by atoms with Gasteiger partial charge < -0.3 is 5.73 Å². The number of rotatable bonds is 3. The van der Waals surface area contributed by atoms with Crippen LogP contribution in [0.25, 0.3) is 10.9 Å². The number of nitrogens with two attached hydrogens (primary N) is 1. The quantitative estimate of drug-likeness (QED) is 0.725. The molecule has 2 aromatic heterocycles. The Morgan fingerprint density at radius 3 is 2.90 bits per heavy atom. The van der Waals surface area contributed by atoms with E-state index in [0.717, 1.165) is 15.8 Å². The molecular formula is C14H15N5OS. The van der Waals surface area contributed by atoms with Crippen molar-refractivity contribution >= 4 is 28.4 Å². The average Bonchev–Trinajstić information content (AvgIpc) is 2.83. The van der Waals surface area contributed by atoms with Crippen LogP contribution in [0.5, 0.6) is 0 Å². The van der Waals surface area contributed by atoms with E-state index in [1.165, 1.54) is 11.8 Å². The number of nitrogens with one attached hydrogen (secondary N) is 1. The van der Waals surface area contributed by atoms with E-state index < -0.39 is 0 Å². The smallest absolute Gasteiger partial charge is 0.344 e. The zero-order chi connectivity index (χ0) is 15.0. The molecule has 2 heterocycles. The van der Waals surface area contributed by atoms with Crippen LogP contribution in [0.2, 0.25) is 0 Å². The maximum atomic E-state index is 11.8. The number of aromatic nitrogens is 4. The lowest BCUT2D eigenvalue weighted by Crippen LogP contribution is -2.19. The Bertz CT molecular complexity index is 852. The second-order valence-electron chi connectivity index (χ2n) is 4.93. The van der Waals surface area contributed by atoms with E-state index >= 15 is 0 Å². The fourth-order valence-corrected chi connectivity index (χ4v) is 3.26. The van der Waals surface area contributed by atoms with Crippen LogP contribution in [-0.4, -0.2) is 19.7 Å². The summed E-state index contributed by atoms with van der Waals surface area (Å²) in [6, 6.07) is 7.62. The van der Waals surface area contributed by atoms with Crippen molar-refractivity contribution in [2.75, 3.05) is 5.73 Å². The second kappa shape index (κ2) is 5.25. The Morgan fingerprint density at radius 2 is 2.14 bits per heavy atom. The number of benzene rings is 1. The fourth-order valence-electron chi connectivity index (χ4n) is 2.17. The minimum atomic E-state index is -0.203. The molecule has 21 heavy (non-hydrogen) atoms. The summed E-state index contributed by atoms with van der Waals surface area (Å²) in [6.07, 6.45) is 1.71. The van der Waals surface area contributed by atoms with E-state index in [0.29, 0.717) is 10.8 Å². The Kier molecular flexibility index (Phi) is 3.42. The summed E-state index contributed by atoms with van der Waals surface area (Å²) in [7, 11) is 0. The van der Waals surface area contributed by atoms with Gasteiger partial charge in [0.25, 0.3) is 0 Å².